The first-order chi connectivity index (χ1) is 9.33. The van der Waals surface area contributed by atoms with Gasteiger partial charge in [-0.15, -0.1) is 0 Å². The Balaban J connectivity index is 2.34. The van der Waals surface area contributed by atoms with E-state index >= 15 is 0 Å². The number of piperidine rings is 1. The minimum Gasteiger partial charge on any atom is -0.480 e. The topological polar surface area (TPSA) is 57.6 Å². The van der Waals surface area contributed by atoms with E-state index in [0.717, 1.165) is 12.8 Å². The van der Waals surface area contributed by atoms with Crippen LogP contribution in [-0.4, -0.2) is 34.5 Å². The number of carbonyl (C=O) groups is 2. The summed E-state index contributed by atoms with van der Waals surface area (Å²) in [5.41, 5.74) is -0.000326. The summed E-state index contributed by atoms with van der Waals surface area (Å²) in [7, 11) is 0. The Bertz CT molecular complexity index is 542. The van der Waals surface area contributed by atoms with E-state index in [-0.39, 0.29) is 5.91 Å². The van der Waals surface area contributed by atoms with Crippen molar-refractivity contribution in [3.63, 3.8) is 0 Å². The van der Waals surface area contributed by atoms with Crippen LogP contribution in [0.15, 0.2) is 24.3 Å². The van der Waals surface area contributed by atoms with Crippen LogP contribution in [0.25, 0.3) is 0 Å². The van der Waals surface area contributed by atoms with Crippen LogP contribution in [0.4, 0.5) is 0 Å². The van der Waals surface area contributed by atoms with Gasteiger partial charge in [0.2, 0.25) is 0 Å². The molecular formula is C15H18ClNO3. The van der Waals surface area contributed by atoms with Crippen LogP contribution in [-0.2, 0) is 4.79 Å². The standard InChI is InChI=1S/C15H18ClNO3/c1-15(2)7-4-8-17(12(15)14(19)20)13(18)10-5-3-6-11(16)9-10/h3,5-6,9,12H,4,7-8H2,1-2H3,(H,19,20). The summed E-state index contributed by atoms with van der Waals surface area (Å²) in [6.45, 7) is 4.25. The zero-order valence-electron chi connectivity index (χ0n) is 11.6. The molecule has 1 amide bonds. The van der Waals surface area contributed by atoms with E-state index in [1.807, 2.05) is 13.8 Å². The number of halogens is 1. The van der Waals surface area contributed by atoms with Crippen LogP contribution in [0, 0.1) is 5.41 Å². The molecule has 1 aromatic carbocycles. The molecule has 1 heterocycles. The molecule has 1 aliphatic rings. The molecule has 1 atom stereocenters. The predicted octanol–water partition coefficient (Wildman–Crippen LogP) is 3.06. The summed E-state index contributed by atoms with van der Waals surface area (Å²) < 4.78 is 0. The number of amides is 1. The summed E-state index contributed by atoms with van der Waals surface area (Å²) >= 11 is 5.90. The Kier molecular flexibility index (Phi) is 4.04. The largest absolute Gasteiger partial charge is 0.480 e. The molecule has 5 heteroatoms. The van der Waals surface area contributed by atoms with Gasteiger partial charge in [-0.2, -0.15) is 0 Å². The number of hydrogen-bond donors (Lipinski definition) is 1. The molecule has 0 bridgehead atoms. The van der Waals surface area contributed by atoms with Crippen LogP contribution in [0.1, 0.15) is 37.0 Å². The summed E-state index contributed by atoms with van der Waals surface area (Å²) in [4.78, 5) is 25.6. The normalized spacial score (nSPS) is 21.6. The molecule has 1 saturated heterocycles. The summed E-state index contributed by atoms with van der Waals surface area (Å²) in [6.07, 6.45) is 1.60. The molecular weight excluding hydrogens is 278 g/mol. The number of carbonyl (C=O) groups excluding carboxylic acids is 1. The fourth-order valence-electron chi connectivity index (χ4n) is 2.87. The van der Waals surface area contributed by atoms with Crippen LogP contribution < -0.4 is 0 Å². The fourth-order valence-corrected chi connectivity index (χ4v) is 3.06. The minimum atomic E-state index is -0.954. The van der Waals surface area contributed by atoms with Crippen molar-refractivity contribution >= 4 is 23.5 Å². The number of benzene rings is 1. The third-order valence-electron chi connectivity index (χ3n) is 3.84. The average Bonchev–Trinajstić information content (AvgIpc) is 2.35. The Hall–Kier alpha value is -1.55. The number of carboxylic acid groups (broad SMARTS) is 1. The van der Waals surface area contributed by atoms with Gasteiger partial charge in [0, 0.05) is 17.1 Å². The number of nitrogens with zero attached hydrogens (tertiary/aromatic N) is 1. The quantitative estimate of drug-likeness (QED) is 0.912. The Morgan fingerprint density at radius 1 is 1.40 bits per heavy atom. The van der Waals surface area contributed by atoms with Crippen LogP contribution in [0.5, 0.6) is 0 Å². The SMILES string of the molecule is CC1(C)CCCN(C(=O)c2cccc(Cl)c2)C1C(=O)O. The highest BCUT2D eigenvalue weighted by atomic mass is 35.5. The first kappa shape index (κ1) is 14.9. The second-order valence-corrected chi connectivity index (χ2v) is 6.28. The van der Waals surface area contributed by atoms with Gasteiger partial charge in [0.25, 0.3) is 5.91 Å². The molecule has 0 aromatic heterocycles. The third kappa shape index (κ3) is 2.80. The Labute approximate surface area is 123 Å². The zero-order chi connectivity index (χ0) is 14.9. The summed E-state index contributed by atoms with van der Waals surface area (Å²) in [5, 5.41) is 9.95. The lowest BCUT2D eigenvalue weighted by Gasteiger charge is -2.44. The van der Waals surface area contributed by atoms with Gasteiger partial charge in [-0.3, -0.25) is 4.79 Å². The van der Waals surface area contributed by atoms with Crippen molar-refractivity contribution < 1.29 is 14.7 Å². The lowest BCUT2D eigenvalue weighted by molar-refractivity contribution is -0.148. The van der Waals surface area contributed by atoms with Crippen molar-refractivity contribution in [3.8, 4) is 0 Å². The number of rotatable bonds is 2. The van der Waals surface area contributed by atoms with Crippen molar-refractivity contribution in [3.05, 3.63) is 34.9 Å². The number of aliphatic carboxylic acids is 1. The number of hydrogen-bond acceptors (Lipinski definition) is 2. The van der Waals surface area contributed by atoms with E-state index < -0.39 is 17.4 Å². The maximum atomic E-state index is 12.6. The van der Waals surface area contributed by atoms with Crippen molar-refractivity contribution in [2.75, 3.05) is 6.54 Å². The average molecular weight is 296 g/mol. The van der Waals surface area contributed by atoms with Crippen molar-refractivity contribution in [2.24, 2.45) is 5.41 Å². The van der Waals surface area contributed by atoms with Crippen molar-refractivity contribution in [1.29, 1.82) is 0 Å². The van der Waals surface area contributed by atoms with Gasteiger partial charge in [0.05, 0.1) is 0 Å². The number of likely N-dealkylation sites (tertiary alicyclic amines) is 1. The molecule has 1 aliphatic heterocycles. The molecule has 2 rings (SSSR count). The van der Waals surface area contributed by atoms with Crippen molar-refractivity contribution in [1.82, 2.24) is 4.90 Å². The summed E-state index contributed by atoms with van der Waals surface area (Å²) in [6, 6.07) is 5.81. The zero-order valence-corrected chi connectivity index (χ0v) is 12.4. The minimum absolute atomic E-state index is 0.271. The van der Waals surface area contributed by atoms with Crippen LogP contribution >= 0.6 is 11.6 Å². The number of carboxylic acids is 1. The molecule has 1 N–H and O–H groups in total. The monoisotopic (exact) mass is 295 g/mol. The molecule has 1 fully saturated rings. The molecule has 20 heavy (non-hydrogen) atoms. The first-order valence-corrected chi connectivity index (χ1v) is 7.00. The fraction of sp³-hybridized carbons (Fsp3) is 0.467. The third-order valence-corrected chi connectivity index (χ3v) is 4.07. The van der Waals surface area contributed by atoms with Gasteiger partial charge in [-0.1, -0.05) is 31.5 Å². The van der Waals surface area contributed by atoms with E-state index in [2.05, 4.69) is 0 Å². The molecule has 0 radical (unpaired) electrons. The Morgan fingerprint density at radius 2 is 2.10 bits per heavy atom. The van der Waals surface area contributed by atoms with E-state index in [0.29, 0.717) is 17.1 Å². The maximum Gasteiger partial charge on any atom is 0.326 e. The highest BCUT2D eigenvalue weighted by molar-refractivity contribution is 6.31. The molecule has 1 unspecified atom stereocenters. The van der Waals surface area contributed by atoms with Gasteiger partial charge >= 0.3 is 5.97 Å². The van der Waals surface area contributed by atoms with Gasteiger partial charge in [-0.25, -0.2) is 4.79 Å². The second kappa shape index (κ2) is 5.44. The smallest absolute Gasteiger partial charge is 0.326 e. The van der Waals surface area contributed by atoms with Gasteiger partial charge in [0.1, 0.15) is 6.04 Å². The predicted molar refractivity (Wildman–Crippen MR) is 76.9 cm³/mol. The first-order valence-electron chi connectivity index (χ1n) is 6.62. The van der Waals surface area contributed by atoms with Gasteiger partial charge in [0.15, 0.2) is 0 Å². The van der Waals surface area contributed by atoms with E-state index in [4.69, 9.17) is 11.6 Å². The highest BCUT2D eigenvalue weighted by Crippen LogP contribution is 2.36. The lowest BCUT2D eigenvalue weighted by atomic mass is 9.76. The lowest BCUT2D eigenvalue weighted by Crippen LogP contribution is -2.56. The highest BCUT2D eigenvalue weighted by Gasteiger charge is 2.44. The summed E-state index contributed by atoms with van der Waals surface area (Å²) in [5.74, 6) is -1.22. The van der Waals surface area contributed by atoms with Gasteiger partial charge in [-0.05, 0) is 36.5 Å². The molecule has 0 spiro atoms. The molecule has 0 aliphatic carbocycles. The van der Waals surface area contributed by atoms with Crippen LogP contribution in [0.2, 0.25) is 5.02 Å². The van der Waals surface area contributed by atoms with E-state index in [1.165, 1.54) is 4.90 Å². The van der Waals surface area contributed by atoms with Crippen LogP contribution in [0.3, 0.4) is 0 Å². The maximum absolute atomic E-state index is 12.6. The molecule has 0 saturated carbocycles. The van der Waals surface area contributed by atoms with E-state index in [9.17, 15) is 14.7 Å². The van der Waals surface area contributed by atoms with Gasteiger partial charge < -0.3 is 10.0 Å². The van der Waals surface area contributed by atoms with E-state index in [1.54, 1.807) is 24.3 Å². The van der Waals surface area contributed by atoms with Crippen molar-refractivity contribution in [2.45, 2.75) is 32.7 Å². The molecule has 1 aromatic rings. The second-order valence-electron chi connectivity index (χ2n) is 5.84. The Morgan fingerprint density at radius 3 is 2.70 bits per heavy atom. The molecule has 4 nitrogen and oxygen atoms in total. The molecule has 108 valence electrons.